The monoisotopic (exact) mass is 175 g/mol. The van der Waals surface area contributed by atoms with Crippen LogP contribution in [0, 0.1) is 6.92 Å². The van der Waals surface area contributed by atoms with Gasteiger partial charge in [-0.05, 0) is 47.9 Å². The fourth-order valence-electron chi connectivity index (χ4n) is 2.56. The minimum Gasteiger partial charge on any atom is -0.398 e. The third-order valence-corrected chi connectivity index (χ3v) is 3.23. The largest absolute Gasteiger partial charge is 0.398 e. The Morgan fingerprint density at radius 3 is 2.62 bits per heavy atom. The summed E-state index contributed by atoms with van der Waals surface area (Å²) in [7, 11) is 0. The fourth-order valence-corrected chi connectivity index (χ4v) is 2.56. The van der Waals surface area contributed by atoms with Crippen LogP contribution in [0.25, 0.3) is 0 Å². The summed E-state index contributed by atoms with van der Waals surface area (Å²) in [6.07, 6.45) is 2.38. The molecule has 0 spiro atoms. The Kier molecular flexibility index (Phi) is 1.66. The highest BCUT2D eigenvalue weighted by molar-refractivity contribution is 5.58. The number of nitrogen functional groups attached to an aromatic ring is 1. The number of nitrogens with two attached hydrogens (primary N) is 1. The first-order valence-corrected chi connectivity index (χ1v) is 4.91. The van der Waals surface area contributed by atoms with Gasteiger partial charge >= 0.3 is 0 Å². The van der Waals surface area contributed by atoms with Crippen molar-refractivity contribution in [1.82, 2.24) is 0 Å². The summed E-state index contributed by atoms with van der Waals surface area (Å²) in [5, 5.41) is 0. The molecule has 0 radical (unpaired) electrons. The molecule has 2 N–H and O–H groups in total. The number of fused-ring (bicyclic) bond motifs is 1. The van der Waals surface area contributed by atoms with Crippen LogP contribution in [-0.4, -0.2) is 0 Å². The van der Waals surface area contributed by atoms with Gasteiger partial charge in [-0.1, -0.05) is 19.9 Å². The topological polar surface area (TPSA) is 26.0 Å². The van der Waals surface area contributed by atoms with Gasteiger partial charge in [0.2, 0.25) is 0 Å². The number of hydrogen-bond acceptors (Lipinski definition) is 1. The summed E-state index contributed by atoms with van der Waals surface area (Å²) in [5.74, 6) is 0. The number of hydrogen-bond donors (Lipinski definition) is 1. The SMILES string of the molecule is Cc1ccc(N)c2c1C(C)(C)CC2. The van der Waals surface area contributed by atoms with E-state index in [0.29, 0.717) is 5.41 Å². The van der Waals surface area contributed by atoms with Gasteiger partial charge in [-0.3, -0.25) is 0 Å². The lowest BCUT2D eigenvalue weighted by Gasteiger charge is -2.21. The predicted octanol–water partition coefficient (Wildman–Crippen LogP) is 2.80. The maximum Gasteiger partial charge on any atom is 0.0349 e. The zero-order valence-electron chi connectivity index (χ0n) is 8.65. The van der Waals surface area contributed by atoms with Crippen molar-refractivity contribution in [2.75, 3.05) is 5.73 Å². The maximum absolute atomic E-state index is 5.96. The molecule has 0 atom stereocenters. The van der Waals surface area contributed by atoms with E-state index in [2.05, 4.69) is 26.8 Å². The van der Waals surface area contributed by atoms with Gasteiger partial charge in [-0.15, -0.1) is 0 Å². The summed E-state index contributed by atoms with van der Waals surface area (Å²) in [4.78, 5) is 0. The summed E-state index contributed by atoms with van der Waals surface area (Å²) in [5.41, 5.74) is 11.5. The summed E-state index contributed by atoms with van der Waals surface area (Å²) >= 11 is 0. The van der Waals surface area contributed by atoms with Crippen LogP contribution in [0.1, 0.15) is 37.0 Å². The van der Waals surface area contributed by atoms with Gasteiger partial charge in [0.05, 0.1) is 0 Å². The molecule has 13 heavy (non-hydrogen) atoms. The van der Waals surface area contributed by atoms with Gasteiger partial charge in [0.1, 0.15) is 0 Å². The van der Waals surface area contributed by atoms with Crippen molar-refractivity contribution in [1.29, 1.82) is 0 Å². The summed E-state index contributed by atoms with van der Waals surface area (Å²) in [6.45, 7) is 6.81. The van der Waals surface area contributed by atoms with Gasteiger partial charge in [-0.2, -0.15) is 0 Å². The molecule has 1 heteroatoms. The second-order valence-electron chi connectivity index (χ2n) is 4.71. The number of rotatable bonds is 0. The van der Waals surface area contributed by atoms with Crippen LogP contribution in [0.2, 0.25) is 0 Å². The van der Waals surface area contributed by atoms with E-state index in [1.807, 2.05) is 6.07 Å². The molecule has 70 valence electrons. The molecule has 0 unspecified atom stereocenters. The van der Waals surface area contributed by atoms with Crippen molar-refractivity contribution in [3.8, 4) is 0 Å². The van der Waals surface area contributed by atoms with Crippen molar-refractivity contribution in [3.05, 3.63) is 28.8 Å². The molecule has 0 aromatic heterocycles. The smallest absolute Gasteiger partial charge is 0.0349 e. The minimum atomic E-state index is 0.328. The Morgan fingerprint density at radius 2 is 2.00 bits per heavy atom. The first-order valence-electron chi connectivity index (χ1n) is 4.91. The number of benzene rings is 1. The van der Waals surface area contributed by atoms with Crippen LogP contribution in [-0.2, 0) is 11.8 Å². The van der Waals surface area contributed by atoms with Crippen LogP contribution in [0.5, 0.6) is 0 Å². The van der Waals surface area contributed by atoms with E-state index in [1.165, 1.54) is 23.1 Å². The third kappa shape index (κ3) is 1.14. The van der Waals surface area contributed by atoms with Gasteiger partial charge in [0.15, 0.2) is 0 Å². The lowest BCUT2D eigenvalue weighted by molar-refractivity contribution is 0.520. The average molecular weight is 175 g/mol. The molecular formula is C12H17N. The van der Waals surface area contributed by atoms with Crippen molar-refractivity contribution in [3.63, 3.8) is 0 Å². The van der Waals surface area contributed by atoms with Crippen molar-refractivity contribution in [2.45, 2.75) is 39.0 Å². The molecule has 1 nitrogen and oxygen atoms in total. The van der Waals surface area contributed by atoms with E-state index in [-0.39, 0.29) is 0 Å². The molecule has 0 fully saturated rings. The predicted molar refractivity (Wildman–Crippen MR) is 56.9 cm³/mol. The van der Waals surface area contributed by atoms with Crippen molar-refractivity contribution in [2.24, 2.45) is 0 Å². The molecule has 1 aliphatic rings. The third-order valence-electron chi connectivity index (χ3n) is 3.23. The highest BCUT2D eigenvalue weighted by Gasteiger charge is 2.32. The molecule has 1 aromatic rings. The Bertz CT molecular complexity index is 350. The minimum absolute atomic E-state index is 0.328. The van der Waals surface area contributed by atoms with Gasteiger partial charge in [0.25, 0.3) is 0 Å². The van der Waals surface area contributed by atoms with E-state index in [4.69, 9.17) is 5.73 Å². The first-order chi connectivity index (χ1) is 6.02. The van der Waals surface area contributed by atoms with Crippen molar-refractivity contribution >= 4 is 5.69 Å². The van der Waals surface area contributed by atoms with E-state index < -0.39 is 0 Å². The van der Waals surface area contributed by atoms with Crippen LogP contribution in [0.3, 0.4) is 0 Å². The van der Waals surface area contributed by atoms with Crippen molar-refractivity contribution < 1.29 is 0 Å². The van der Waals surface area contributed by atoms with Gasteiger partial charge < -0.3 is 5.73 Å². The average Bonchev–Trinajstić information content (AvgIpc) is 2.36. The molecule has 0 bridgehead atoms. The molecule has 0 aliphatic heterocycles. The second-order valence-corrected chi connectivity index (χ2v) is 4.71. The zero-order valence-corrected chi connectivity index (χ0v) is 8.65. The summed E-state index contributed by atoms with van der Waals surface area (Å²) in [6, 6.07) is 4.18. The van der Waals surface area contributed by atoms with Crippen LogP contribution >= 0.6 is 0 Å². The number of aryl methyl sites for hydroxylation is 1. The molecule has 0 saturated heterocycles. The van der Waals surface area contributed by atoms with E-state index in [1.54, 1.807) is 0 Å². The molecule has 0 saturated carbocycles. The standard InChI is InChI=1S/C12H17N/c1-8-4-5-10(13)9-6-7-12(2,3)11(8)9/h4-5H,6-7,13H2,1-3H3. The highest BCUT2D eigenvalue weighted by Crippen LogP contribution is 2.42. The van der Waals surface area contributed by atoms with E-state index in [0.717, 1.165) is 12.1 Å². The Hall–Kier alpha value is -0.980. The van der Waals surface area contributed by atoms with Crippen LogP contribution < -0.4 is 5.73 Å². The Balaban J connectivity index is 2.70. The zero-order chi connectivity index (χ0) is 9.64. The molecule has 2 rings (SSSR count). The molecule has 1 aliphatic carbocycles. The van der Waals surface area contributed by atoms with Gasteiger partial charge in [0, 0.05) is 5.69 Å². The second kappa shape index (κ2) is 2.50. The van der Waals surface area contributed by atoms with Gasteiger partial charge in [-0.25, -0.2) is 0 Å². The summed E-state index contributed by atoms with van der Waals surface area (Å²) < 4.78 is 0. The maximum atomic E-state index is 5.96. The first kappa shape index (κ1) is 8.61. The normalized spacial score (nSPS) is 18.7. The molecule has 0 amide bonds. The number of anilines is 1. The molecule has 1 aromatic carbocycles. The Morgan fingerprint density at radius 1 is 1.31 bits per heavy atom. The molecular weight excluding hydrogens is 158 g/mol. The van der Waals surface area contributed by atoms with Crippen LogP contribution in [0.4, 0.5) is 5.69 Å². The van der Waals surface area contributed by atoms with Crippen LogP contribution in [0.15, 0.2) is 12.1 Å². The van der Waals surface area contributed by atoms with E-state index >= 15 is 0 Å². The molecule has 0 heterocycles. The quantitative estimate of drug-likeness (QED) is 0.603. The Labute approximate surface area is 80.0 Å². The highest BCUT2D eigenvalue weighted by atomic mass is 14.6. The fraction of sp³-hybridized carbons (Fsp3) is 0.500. The van der Waals surface area contributed by atoms with E-state index in [9.17, 15) is 0 Å². The lowest BCUT2D eigenvalue weighted by Crippen LogP contribution is -2.13. The lowest BCUT2D eigenvalue weighted by atomic mass is 9.84.